The number of esters is 1. The zero-order chi connectivity index (χ0) is 13.5. The van der Waals surface area contributed by atoms with Crippen LogP contribution in [0, 0.1) is 16.0 Å². The number of non-ortho nitro benzene ring substituents is 1. The molecule has 8 heteroatoms. The third-order valence-corrected chi connectivity index (χ3v) is 2.58. The van der Waals surface area contributed by atoms with E-state index in [-0.39, 0.29) is 11.3 Å². The van der Waals surface area contributed by atoms with Gasteiger partial charge in [0.25, 0.3) is 5.69 Å². The van der Waals surface area contributed by atoms with Gasteiger partial charge in [0.15, 0.2) is 5.92 Å². The van der Waals surface area contributed by atoms with Crippen LogP contribution in [0.5, 0.6) is 0 Å². The number of nitro groups is 1. The van der Waals surface area contributed by atoms with Crippen LogP contribution in [0.25, 0.3) is 0 Å². The molecule has 1 aliphatic heterocycles. The third-order valence-electron chi connectivity index (χ3n) is 2.58. The summed E-state index contributed by atoms with van der Waals surface area (Å²) < 4.78 is 41.9. The van der Waals surface area contributed by atoms with Crippen LogP contribution in [0.2, 0.25) is 0 Å². The first-order valence-corrected chi connectivity index (χ1v) is 4.82. The van der Waals surface area contributed by atoms with Gasteiger partial charge in [0, 0.05) is 12.1 Å². The second-order valence-electron chi connectivity index (χ2n) is 3.73. The van der Waals surface area contributed by atoms with Crippen molar-refractivity contribution < 1.29 is 27.6 Å². The van der Waals surface area contributed by atoms with Crippen molar-refractivity contribution in [2.24, 2.45) is 5.92 Å². The molecule has 0 bridgehead atoms. The lowest BCUT2D eigenvalue weighted by Gasteiger charge is -2.36. The first-order valence-electron chi connectivity index (χ1n) is 4.82. The molecule has 1 aromatic rings. The molecule has 1 aromatic carbocycles. The van der Waals surface area contributed by atoms with E-state index >= 15 is 0 Å². The number of carbonyl (C=O) groups is 1. The van der Waals surface area contributed by atoms with Gasteiger partial charge in [0.1, 0.15) is 6.10 Å². The normalized spacial score (nSPS) is 23.2. The van der Waals surface area contributed by atoms with Crippen molar-refractivity contribution in [3.05, 3.63) is 39.9 Å². The van der Waals surface area contributed by atoms with Crippen molar-refractivity contribution in [3.8, 4) is 0 Å². The maximum absolute atomic E-state index is 12.5. The number of rotatable bonds is 2. The number of benzene rings is 1. The monoisotopic (exact) mass is 261 g/mol. The van der Waals surface area contributed by atoms with Gasteiger partial charge in [-0.1, -0.05) is 0 Å². The molecule has 96 valence electrons. The molecular formula is C10H6F3NO4. The van der Waals surface area contributed by atoms with E-state index in [1.807, 2.05) is 0 Å². The van der Waals surface area contributed by atoms with Gasteiger partial charge in [-0.2, -0.15) is 13.2 Å². The summed E-state index contributed by atoms with van der Waals surface area (Å²) in [6.45, 7) is 0. The van der Waals surface area contributed by atoms with Crippen LogP contribution in [-0.2, 0) is 9.53 Å². The van der Waals surface area contributed by atoms with Crippen LogP contribution >= 0.6 is 0 Å². The van der Waals surface area contributed by atoms with Crippen molar-refractivity contribution in [2.75, 3.05) is 0 Å². The maximum atomic E-state index is 12.5. The van der Waals surface area contributed by atoms with Crippen LogP contribution in [0.15, 0.2) is 24.3 Å². The number of alkyl halides is 3. The number of cyclic esters (lactones) is 1. The molecule has 1 heterocycles. The zero-order valence-electron chi connectivity index (χ0n) is 8.68. The second-order valence-corrected chi connectivity index (χ2v) is 3.73. The van der Waals surface area contributed by atoms with Gasteiger partial charge in [0.2, 0.25) is 0 Å². The molecular weight excluding hydrogens is 255 g/mol. The van der Waals surface area contributed by atoms with Gasteiger partial charge in [-0.3, -0.25) is 14.9 Å². The van der Waals surface area contributed by atoms with Gasteiger partial charge in [0.05, 0.1) is 4.92 Å². The number of carbonyl (C=O) groups excluding carboxylic acids is 1. The highest BCUT2D eigenvalue weighted by Crippen LogP contribution is 2.46. The summed E-state index contributed by atoms with van der Waals surface area (Å²) in [5.74, 6) is -3.52. The molecule has 1 fully saturated rings. The lowest BCUT2D eigenvalue weighted by atomic mass is 9.90. The number of hydrogen-bond acceptors (Lipinski definition) is 4. The standard InChI is InChI=1S/C10H6F3NO4/c11-10(12,13)7-8(18-9(7)15)5-1-3-6(4-2-5)14(16)17/h1-4,7-8H/t7-,8?/m1/s1. The molecule has 2 atom stereocenters. The van der Waals surface area contributed by atoms with Crippen molar-refractivity contribution >= 4 is 11.7 Å². The Kier molecular flexibility index (Phi) is 2.72. The van der Waals surface area contributed by atoms with E-state index in [4.69, 9.17) is 0 Å². The topological polar surface area (TPSA) is 69.4 Å². The number of nitrogens with zero attached hydrogens (tertiary/aromatic N) is 1. The van der Waals surface area contributed by atoms with Gasteiger partial charge in [-0.05, 0) is 17.7 Å². The minimum absolute atomic E-state index is 0.0857. The highest BCUT2D eigenvalue weighted by molar-refractivity contribution is 5.80. The minimum Gasteiger partial charge on any atom is -0.456 e. The minimum atomic E-state index is -4.68. The molecule has 0 aromatic heterocycles. The smallest absolute Gasteiger partial charge is 0.406 e. The fraction of sp³-hybridized carbons (Fsp3) is 0.300. The Morgan fingerprint density at radius 1 is 1.22 bits per heavy atom. The summed E-state index contributed by atoms with van der Waals surface area (Å²) in [5.41, 5.74) is -0.157. The van der Waals surface area contributed by atoms with Gasteiger partial charge in [-0.15, -0.1) is 0 Å². The lowest BCUT2D eigenvalue weighted by molar-refractivity contribution is -0.384. The maximum Gasteiger partial charge on any atom is 0.406 e. The second kappa shape index (κ2) is 3.97. The molecule has 0 spiro atoms. The largest absolute Gasteiger partial charge is 0.456 e. The summed E-state index contributed by atoms with van der Waals surface area (Å²) in [6, 6.07) is 4.42. The first-order chi connectivity index (χ1) is 8.30. The van der Waals surface area contributed by atoms with E-state index < -0.39 is 29.1 Å². The molecule has 18 heavy (non-hydrogen) atoms. The summed E-state index contributed by atoms with van der Waals surface area (Å²) in [7, 11) is 0. The van der Waals surface area contributed by atoms with E-state index in [0.29, 0.717) is 0 Å². The highest BCUT2D eigenvalue weighted by Gasteiger charge is 2.59. The number of hydrogen-bond donors (Lipinski definition) is 0. The molecule has 0 amide bonds. The Labute approximate surface area is 98.3 Å². The molecule has 0 aliphatic carbocycles. The van der Waals surface area contributed by atoms with Crippen molar-refractivity contribution in [1.29, 1.82) is 0 Å². The summed E-state index contributed by atoms with van der Waals surface area (Å²) >= 11 is 0. The Morgan fingerprint density at radius 2 is 1.78 bits per heavy atom. The third kappa shape index (κ3) is 2.01. The van der Waals surface area contributed by atoms with Crippen LogP contribution in [0.1, 0.15) is 11.7 Å². The Balaban J connectivity index is 2.23. The average molecular weight is 261 g/mol. The van der Waals surface area contributed by atoms with Gasteiger partial charge >= 0.3 is 12.1 Å². The summed E-state index contributed by atoms with van der Waals surface area (Å²) in [4.78, 5) is 20.5. The average Bonchev–Trinajstić information content (AvgIpc) is 2.23. The Morgan fingerprint density at radius 3 is 2.17 bits per heavy atom. The summed E-state index contributed by atoms with van der Waals surface area (Å²) in [6.07, 6.45) is -6.10. The van der Waals surface area contributed by atoms with E-state index in [0.717, 1.165) is 24.3 Å². The SMILES string of the molecule is O=C1OC(c2ccc([N+](=O)[O-])cc2)[C@H]1C(F)(F)F. The van der Waals surface area contributed by atoms with E-state index in [2.05, 4.69) is 4.74 Å². The van der Waals surface area contributed by atoms with Gasteiger partial charge in [-0.25, -0.2) is 0 Å². The molecule has 1 unspecified atom stereocenters. The fourth-order valence-electron chi connectivity index (χ4n) is 1.67. The predicted molar refractivity (Wildman–Crippen MR) is 51.5 cm³/mol. The van der Waals surface area contributed by atoms with Gasteiger partial charge < -0.3 is 4.74 Å². The van der Waals surface area contributed by atoms with Crippen LogP contribution in [0.4, 0.5) is 18.9 Å². The number of ether oxygens (including phenoxy) is 1. The van der Waals surface area contributed by atoms with E-state index in [1.165, 1.54) is 0 Å². The number of halogens is 3. The molecule has 5 nitrogen and oxygen atoms in total. The van der Waals surface area contributed by atoms with Crippen LogP contribution in [-0.4, -0.2) is 17.1 Å². The molecule has 0 saturated carbocycles. The molecule has 2 rings (SSSR count). The van der Waals surface area contributed by atoms with E-state index in [9.17, 15) is 28.1 Å². The molecule has 1 saturated heterocycles. The Hall–Kier alpha value is -2.12. The van der Waals surface area contributed by atoms with E-state index in [1.54, 1.807) is 0 Å². The Bertz CT molecular complexity index is 497. The predicted octanol–water partition coefficient (Wildman–Crippen LogP) is 2.37. The van der Waals surface area contributed by atoms with Crippen LogP contribution < -0.4 is 0 Å². The lowest BCUT2D eigenvalue weighted by Crippen LogP contribution is -2.47. The molecule has 0 N–H and O–H groups in total. The first kappa shape index (κ1) is 12.3. The van der Waals surface area contributed by atoms with Crippen molar-refractivity contribution in [1.82, 2.24) is 0 Å². The fourth-order valence-corrected chi connectivity index (χ4v) is 1.67. The van der Waals surface area contributed by atoms with Crippen molar-refractivity contribution in [3.63, 3.8) is 0 Å². The van der Waals surface area contributed by atoms with Crippen molar-refractivity contribution in [2.45, 2.75) is 12.3 Å². The van der Waals surface area contributed by atoms with Crippen LogP contribution in [0.3, 0.4) is 0 Å². The molecule has 0 radical (unpaired) electrons. The molecule has 1 aliphatic rings. The number of nitro benzene ring substituents is 1. The zero-order valence-corrected chi connectivity index (χ0v) is 8.68. The summed E-state index contributed by atoms with van der Waals surface area (Å²) in [5, 5.41) is 10.4. The highest BCUT2D eigenvalue weighted by atomic mass is 19.4. The quantitative estimate of drug-likeness (QED) is 0.465.